The normalized spacial score (nSPS) is 16.1. The van der Waals surface area contributed by atoms with Gasteiger partial charge in [0.25, 0.3) is 0 Å². The predicted molar refractivity (Wildman–Crippen MR) is 118 cm³/mol. The molecule has 0 amide bonds. The summed E-state index contributed by atoms with van der Waals surface area (Å²) in [4.78, 5) is 9.32. The number of furan rings is 1. The molecule has 8 heteroatoms. The van der Waals surface area contributed by atoms with Gasteiger partial charge in [-0.25, -0.2) is 4.98 Å². The molecule has 3 rings (SSSR count). The van der Waals surface area contributed by atoms with Gasteiger partial charge in [0.05, 0.1) is 6.26 Å². The zero-order chi connectivity index (χ0) is 18.2. The largest absolute Gasteiger partial charge is 0.461 e. The Balaban J connectivity index is 0.00000261. The van der Waals surface area contributed by atoms with Crippen LogP contribution in [-0.4, -0.2) is 40.8 Å². The fourth-order valence-electron chi connectivity index (χ4n) is 3.56. The minimum Gasteiger partial charge on any atom is -0.461 e. The van der Waals surface area contributed by atoms with Crippen LogP contribution in [0.5, 0.6) is 0 Å². The van der Waals surface area contributed by atoms with E-state index in [2.05, 4.69) is 39.7 Å². The lowest BCUT2D eigenvalue weighted by molar-refractivity contribution is 0.297. The molecular weight excluding hydrogens is 455 g/mol. The summed E-state index contributed by atoms with van der Waals surface area (Å²) in [5.41, 5.74) is 0.408. The van der Waals surface area contributed by atoms with E-state index in [0.717, 1.165) is 37.8 Å². The number of hydrogen-bond donors (Lipinski definition) is 3. The fraction of sp³-hybridized carbons (Fsp3) is 0.632. The second kappa shape index (κ2) is 10.7. The Kier molecular flexibility index (Phi) is 8.59. The second-order valence-corrected chi connectivity index (χ2v) is 7.02. The Labute approximate surface area is 178 Å². The van der Waals surface area contributed by atoms with Gasteiger partial charge in [-0.3, -0.25) is 10.1 Å². The SMILES string of the molecule is CCNC(=NCC1(CC)CCCC1)NCCc1nc(-c2ccco2)n[nH]1.I. The van der Waals surface area contributed by atoms with Crippen LogP contribution in [0.25, 0.3) is 11.6 Å². The number of aliphatic imine (C=N–C) groups is 1. The van der Waals surface area contributed by atoms with E-state index in [9.17, 15) is 0 Å². The number of aromatic nitrogens is 3. The van der Waals surface area contributed by atoms with E-state index in [1.165, 1.54) is 32.1 Å². The highest BCUT2D eigenvalue weighted by Gasteiger charge is 2.31. The zero-order valence-corrected chi connectivity index (χ0v) is 18.6. The molecule has 1 aliphatic carbocycles. The van der Waals surface area contributed by atoms with E-state index >= 15 is 0 Å². The van der Waals surface area contributed by atoms with Crippen molar-refractivity contribution in [1.29, 1.82) is 0 Å². The van der Waals surface area contributed by atoms with E-state index < -0.39 is 0 Å². The Hall–Kier alpha value is -1.58. The van der Waals surface area contributed by atoms with Gasteiger partial charge in [0.2, 0.25) is 5.82 Å². The van der Waals surface area contributed by atoms with Crippen LogP contribution in [0.3, 0.4) is 0 Å². The summed E-state index contributed by atoms with van der Waals surface area (Å²) in [7, 11) is 0. The molecule has 0 unspecified atom stereocenters. The van der Waals surface area contributed by atoms with Crippen molar-refractivity contribution in [2.75, 3.05) is 19.6 Å². The van der Waals surface area contributed by atoms with Gasteiger partial charge in [0.1, 0.15) is 5.82 Å². The molecule has 27 heavy (non-hydrogen) atoms. The maximum absolute atomic E-state index is 5.32. The topological polar surface area (TPSA) is 91.1 Å². The van der Waals surface area contributed by atoms with Gasteiger partial charge in [0, 0.05) is 26.1 Å². The molecule has 1 aliphatic rings. The summed E-state index contributed by atoms with van der Waals surface area (Å²) in [6, 6.07) is 3.69. The van der Waals surface area contributed by atoms with Gasteiger partial charge in [-0.2, -0.15) is 5.10 Å². The third kappa shape index (κ3) is 5.95. The van der Waals surface area contributed by atoms with Crippen molar-refractivity contribution < 1.29 is 4.42 Å². The third-order valence-electron chi connectivity index (χ3n) is 5.26. The van der Waals surface area contributed by atoms with Gasteiger partial charge in [-0.05, 0) is 43.7 Å². The standard InChI is InChI=1S/C19H30N6O.HI/c1-3-19(10-5-6-11-19)14-22-18(20-4-2)21-12-9-16-23-17(25-24-16)15-8-7-13-26-15;/h7-8,13H,3-6,9-12,14H2,1-2H3,(H2,20,21,22)(H,23,24,25);1H. The molecule has 0 aromatic carbocycles. The summed E-state index contributed by atoms with van der Waals surface area (Å²) in [6.07, 6.45) is 8.88. The number of nitrogens with one attached hydrogen (secondary N) is 3. The molecule has 150 valence electrons. The minimum atomic E-state index is 0. The predicted octanol–water partition coefficient (Wildman–Crippen LogP) is 3.75. The summed E-state index contributed by atoms with van der Waals surface area (Å²) in [5, 5.41) is 13.9. The van der Waals surface area contributed by atoms with Crippen LogP contribution < -0.4 is 10.6 Å². The number of H-pyrrole nitrogens is 1. The smallest absolute Gasteiger partial charge is 0.216 e. The Bertz CT molecular complexity index is 691. The summed E-state index contributed by atoms with van der Waals surface area (Å²) >= 11 is 0. The van der Waals surface area contributed by atoms with E-state index in [4.69, 9.17) is 9.41 Å². The molecular formula is C19H31IN6O. The summed E-state index contributed by atoms with van der Waals surface area (Å²) in [5.74, 6) is 2.99. The number of nitrogens with zero attached hydrogens (tertiary/aromatic N) is 3. The molecule has 1 saturated carbocycles. The van der Waals surface area contributed by atoms with Crippen LogP contribution in [0, 0.1) is 5.41 Å². The molecule has 0 spiro atoms. The van der Waals surface area contributed by atoms with Crippen LogP contribution in [0.15, 0.2) is 27.8 Å². The molecule has 1 fully saturated rings. The zero-order valence-electron chi connectivity index (χ0n) is 16.3. The van der Waals surface area contributed by atoms with Crippen molar-refractivity contribution in [3.05, 3.63) is 24.2 Å². The molecule has 7 nitrogen and oxygen atoms in total. The maximum atomic E-state index is 5.32. The average molecular weight is 486 g/mol. The summed E-state index contributed by atoms with van der Waals surface area (Å²) in [6.45, 7) is 6.90. The van der Waals surface area contributed by atoms with Gasteiger partial charge < -0.3 is 15.1 Å². The summed E-state index contributed by atoms with van der Waals surface area (Å²) < 4.78 is 5.32. The fourth-order valence-corrected chi connectivity index (χ4v) is 3.56. The second-order valence-electron chi connectivity index (χ2n) is 7.02. The Morgan fingerprint density at radius 2 is 2.11 bits per heavy atom. The number of rotatable bonds is 8. The van der Waals surface area contributed by atoms with Crippen molar-refractivity contribution >= 4 is 29.9 Å². The highest BCUT2D eigenvalue weighted by molar-refractivity contribution is 14.0. The number of guanidine groups is 1. The van der Waals surface area contributed by atoms with E-state index in [0.29, 0.717) is 17.0 Å². The molecule has 0 saturated heterocycles. The molecule has 0 atom stereocenters. The average Bonchev–Trinajstić information content (AvgIpc) is 3.40. The van der Waals surface area contributed by atoms with Crippen LogP contribution in [0.1, 0.15) is 51.8 Å². The molecule has 3 N–H and O–H groups in total. The molecule has 2 heterocycles. The first kappa shape index (κ1) is 21.7. The molecule has 0 radical (unpaired) electrons. The quantitative estimate of drug-likeness (QED) is 0.301. The van der Waals surface area contributed by atoms with Crippen LogP contribution in [0.2, 0.25) is 0 Å². The lowest BCUT2D eigenvalue weighted by atomic mass is 9.84. The van der Waals surface area contributed by atoms with Crippen LogP contribution in [0.4, 0.5) is 0 Å². The monoisotopic (exact) mass is 486 g/mol. The first-order chi connectivity index (χ1) is 12.7. The van der Waals surface area contributed by atoms with E-state index in [1.54, 1.807) is 6.26 Å². The molecule has 2 aromatic rings. The third-order valence-corrected chi connectivity index (χ3v) is 5.26. The van der Waals surface area contributed by atoms with Crippen LogP contribution >= 0.6 is 24.0 Å². The van der Waals surface area contributed by atoms with Gasteiger partial charge in [-0.15, -0.1) is 24.0 Å². The highest BCUT2D eigenvalue weighted by Crippen LogP contribution is 2.41. The lowest BCUT2D eigenvalue weighted by Gasteiger charge is -2.25. The Morgan fingerprint density at radius 3 is 2.78 bits per heavy atom. The number of hydrogen-bond acceptors (Lipinski definition) is 4. The first-order valence-electron chi connectivity index (χ1n) is 9.72. The van der Waals surface area contributed by atoms with E-state index in [1.807, 2.05) is 12.1 Å². The van der Waals surface area contributed by atoms with Crippen molar-refractivity contribution in [2.45, 2.75) is 52.4 Å². The highest BCUT2D eigenvalue weighted by atomic mass is 127. The van der Waals surface area contributed by atoms with Crippen molar-refractivity contribution in [3.8, 4) is 11.6 Å². The van der Waals surface area contributed by atoms with Crippen molar-refractivity contribution in [1.82, 2.24) is 25.8 Å². The van der Waals surface area contributed by atoms with Crippen molar-refractivity contribution in [3.63, 3.8) is 0 Å². The Morgan fingerprint density at radius 1 is 1.30 bits per heavy atom. The van der Waals surface area contributed by atoms with Gasteiger partial charge in [0.15, 0.2) is 11.7 Å². The minimum absolute atomic E-state index is 0. The maximum Gasteiger partial charge on any atom is 0.216 e. The van der Waals surface area contributed by atoms with Crippen LogP contribution in [-0.2, 0) is 6.42 Å². The van der Waals surface area contributed by atoms with Gasteiger partial charge >= 0.3 is 0 Å². The number of halogens is 1. The molecule has 2 aromatic heterocycles. The molecule has 0 aliphatic heterocycles. The lowest BCUT2D eigenvalue weighted by Crippen LogP contribution is -2.39. The van der Waals surface area contributed by atoms with Gasteiger partial charge in [-0.1, -0.05) is 19.8 Å². The molecule has 0 bridgehead atoms. The van der Waals surface area contributed by atoms with Crippen molar-refractivity contribution in [2.24, 2.45) is 10.4 Å². The van der Waals surface area contributed by atoms with E-state index in [-0.39, 0.29) is 24.0 Å². The number of aromatic amines is 1. The first-order valence-corrected chi connectivity index (χ1v) is 9.72.